The Bertz CT molecular complexity index is 837. The van der Waals surface area contributed by atoms with Gasteiger partial charge in [-0.05, 0) is 57.6 Å². The van der Waals surface area contributed by atoms with E-state index in [0.29, 0.717) is 15.3 Å². The van der Waals surface area contributed by atoms with Gasteiger partial charge in [0.2, 0.25) is 5.91 Å². The largest absolute Gasteiger partial charge is 0.477 e. The molecule has 0 radical (unpaired) electrons. The van der Waals surface area contributed by atoms with Gasteiger partial charge in [0.15, 0.2) is 5.82 Å². The number of carbonyl (C=O) groups excluding carboxylic acids is 1. The van der Waals surface area contributed by atoms with Crippen LogP contribution in [0, 0.1) is 11.8 Å². The molecule has 1 aliphatic carbocycles. The Balaban J connectivity index is 1.98. The summed E-state index contributed by atoms with van der Waals surface area (Å²) in [5.41, 5.74) is 0.0192. The maximum absolute atomic E-state index is 13.2. The molecule has 146 valence electrons. The molecule has 0 atom stereocenters. The number of anilines is 1. The highest BCUT2D eigenvalue weighted by molar-refractivity contribution is 7.18. The second-order valence-corrected chi connectivity index (χ2v) is 9.15. The number of hydrogen-bond acceptors (Lipinski definition) is 4. The number of hydrogen-bond donors (Lipinski definition) is 1. The minimum Gasteiger partial charge on any atom is -0.477 e. The zero-order chi connectivity index (χ0) is 19.7. The van der Waals surface area contributed by atoms with Crippen LogP contribution in [0.3, 0.4) is 0 Å². The maximum atomic E-state index is 13.2. The van der Waals surface area contributed by atoms with Gasteiger partial charge in [-0.15, -0.1) is 16.4 Å². The molecule has 1 saturated carbocycles. The minimum atomic E-state index is -1.10. The van der Waals surface area contributed by atoms with Crippen LogP contribution in [0.4, 0.5) is 5.82 Å². The van der Waals surface area contributed by atoms with Crippen molar-refractivity contribution in [1.29, 1.82) is 0 Å². The van der Waals surface area contributed by atoms with Gasteiger partial charge in [-0.25, -0.2) is 9.48 Å². The standard InChI is InChI=1S/C19H24ClN3O3S/c1-11(2)23(18(24)13-6-4-12(3)5-7-13)17-14(19(25)26)10-22(21-17)16-9-8-15(20)27-16/h8-13H,4-7H2,1-3H3,(H,25,26)/t12-,13-. The van der Waals surface area contributed by atoms with Crippen LogP contribution >= 0.6 is 22.9 Å². The molecule has 1 aliphatic rings. The third-order valence-electron chi connectivity index (χ3n) is 5.06. The minimum absolute atomic E-state index is 0.0192. The van der Waals surface area contributed by atoms with E-state index in [1.807, 2.05) is 13.8 Å². The van der Waals surface area contributed by atoms with E-state index in [1.54, 1.807) is 17.0 Å². The molecule has 1 fully saturated rings. The van der Waals surface area contributed by atoms with E-state index in [0.717, 1.165) is 25.7 Å². The van der Waals surface area contributed by atoms with Crippen LogP contribution in [0.5, 0.6) is 0 Å². The molecule has 8 heteroatoms. The third kappa shape index (κ3) is 4.19. The highest BCUT2D eigenvalue weighted by Crippen LogP contribution is 2.33. The van der Waals surface area contributed by atoms with Crippen molar-refractivity contribution < 1.29 is 14.7 Å². The number of halogens is 1. The van der Waals surface area contributed by atoms with Crippen LogP contribution < -0.4 is 4.90 Å². The lowest BCUT2D eigenvalue weighted by Crippen LogP contribution is -2.43. The van der Waals surface area contributed by atoms with Gasteiger partial charge >= 0.3 is 5.97 Å². The number of carbonyl (C=O) groups is 2. The Morgan fingerprint density at radius 3 is 2.48 bits per heavy atom. The molecule has 1 N–H and O–H groups in total. The van der Waals surface area contributed by atoms with Gasteiger partial charge < -0.3 is 5.11 Å². The number of carboxylic acid groups (broad SMARTS) is 1. The van der Waals surface area contributed by atoms with Crippen molar-refractivity contribution in [2.24, 2.45) is 11.8 Å². The molecule has 3 rings (SSSR count). The van der Waals surface area contributed by atoms with Gasteiger partial charge in [0.1, 0.15) is 10.6 Å². The summed E-state index contributed by atoms with van der Waals surface area (Å²) in [6.07, 6.45) is 5.18. The first-order chi connectivity index (χ1) is 12.8. The Hall–Kier alpha value is -1.86. The molecule has 0 bridgehead atoms. The second-order valence-electron chi connectivity index (χ2n) is 7.45. The number of aromatic carboxylic acids is 1. The molecule has 2 aromatic rings. The number of aromatic nitrogens is 2. The summed E-state index contributed by atoms with van der Waals surface area (Å²) < 4.78 is 2.08. The summed E-state index contributed by atoms with van der Waals surface area (Å²) in [6.45, 7) is 5.98. The fourth-order valence-electron chi connectivity index (χ4n) is 3.54. The summed E-state index contributed by atoms with van der Waals surface area (Å²) in [7, 11) is 0. The number of amides is 1. The molecular weight excluding hydrogens is 386 g/mol. The summed E-state index contributed by atoms with van der Waals surface area (Å²) in [5.74, 6) is -0.375. The molecule has 0 unspecified atom stereocenters. The number of nitrogens with zero attached hydrogens (tertiary/aromatic N) is 3. The highest BCUT2D eigenvalue weighted by Gasteiger charge is 2.34. The van der Waals surface area contributed by atoms with Crippen molar-refractivity contribution >= 4 is 40.6 Å². The van der Waals surface area contributed by atoms with Crippen LogP contribution in [0.2, 0.25) is 4.34 Å². The monoisotopic (exact) mass is 409 g/mol. The molecule has 0 saturated heterocycles. The van der Waals surface area contributed by atoms with E-state index in [-0.39, 0.29) is 29.2 Å². The summed E-state index contributed by atoms with van der Waals surface area (Å²) in [4.78, 5) is 26.6. The fourth-order valence-corrected chi connectivity index (χ4v) is 4.50. The zero-order valence-electron chi connectivity index (χ0n) is 15.7. The zero-order valence-corrected chi connectivity index (χ0v) is 17.3. The lowest BCUT2D eigenvalue weighted by molar-refractivity contribution is -0.123. The molecule has 0 aromatic carbocycles. The molecule has 2 heterocycles. The number of thiophene rings is 1. The van der Waals surface area contributed by atoms with E-state index in [9.17, 15) is 14.7 Å². The van der Waals surface area contributed by atoms with E-state index in [1.165, 1.54) is 22.2 Å². The SMILES string of the molecule is CC(C)N(c1nn(-c2ccc(Cl)s2)cc1C(=O)O)C(=O)[C@H]1CC[C@H](C)CC1. The van der Waals surface area contributed by atoms with Crippen LogP contribution in [0.15, 0.2) is 18.3 Å². The lowest BCUT2D eigenvalue weighted by atomic mass is 9.82. The Morgan fingerprint density at radius 1 is 1.30 bits per heavy atom. The Labute approximate surface area is 167 Å². The van der Waals surface area contributed by atoms with Crippen molar-refractivity contribution in [3.8, 4) is 5.00 Å². The summed E-state index contributed by atoms with van der Waals surface area (Å²) in [5, 5.41) is 14.8. The van der Waals surface area contributed by atoms with Crippen LogP contribution in [0.25, 0.3) is 5.00 Å². The fraction of sp³-hybridized carbons (Fsp3) is 0.526. The number of carboxylic acids is 1. The smallest absolute Gasteiger partial charge is 0.341 e. The first kappa shape index (κ1) is 19.9. The van der Waals surface area contributed by atoms with Gasteiger partial charge in [-0.2, -0.15) is 0 Å². The highest BCUT2D eigenvalue weighted by atomic mass is 35.5. The summed E-state index contributed by atoms with van der Waals surface area (Å²) in [6, 6.07) is 3.32. The Morgan fingerprint density at radius 2 is 1.96 bits per heavy atom. The first-order valence-corrected chi connectivity index (χ1v) is 10.4. The van der Waals surface area contributed by atoms with E-state index < -0.39 is 5.97 Å². The van der Waals surface area contributed by atoms with Crippen LogP contribution in [-0.2, 0) is 4.79 Å². The van der Waals surface area contributed by atoms with Crippen molar-refractivity contribution in [3.63, 3.8) is 0 Å². The van der Waals surface area contributed by atoms with E-state index in [4.69, 9.17) is 11.6 Å². The molecule has 2 aromatic heterocycles. The second kappa shape index (κ2) is 8.02. The predicted octanol–water partition coefficient (Wildman–Crippen LogP) is 4.85. The topological polar surface area (TPSA) is 75.4 Å². The molecule has 0 aliphatic heterocycles. The van der Waals surface area contributed by atoms with E-state index in [2.05, 4.69) is 12.0 Å². The van der Waals surface area contributed by atoms with Gasteiger partial charge in [-0.3, -0.25) is 9.69 Å². The third-order valence-corrected chi connectivity index (χ3v) is 6.28. The number of rotatable bonds is 5. The van der Waals surface area contributed by atoms with Crippen molar-refractivity contribution in [2.75, 3.05) is 4.90 Å². The van der Waals surface area contributed by atoms with Gasteiger partial charge in [0.05, 0.1) is 4.34 Å². The van der Waals surface area contributed by atoms with Crippen LogP contribution in [-0.4, -0.2) is 32.8 Å². The molecule has 27 heavy (non-hydrogen) atoms. The summed E-state index contributed by atoms with van der Waals surface area (Å²) >= 11 is 7.29. The van der Waals surface area contributed by atoms with Gasteiger partial charge in [-0.1, -0.05) is 18.5 Å². The average molecular weight is 410 g/mol. The van der Waals surface area contributed by atoms with Gasteiger partial charge in [0, 0.05) is 18.2 Å². The van der Waals surface area contributed by atoms with Crippen molar-refractivity contribution in [3.05, 3.63) is 28.2 Å². The van der Waals surface area contributed by atoms with Crippen molar-refractivity contribution in [1.82, 2.24) is 9.78 Å². The maximum Gasteiger partial charge on any atom is 0.341 e. The molecule has 0 spiro atoms. The first-order valence-electron chi connectivity index (χ1n) is 9.19. The lowest BCUT2D eigenvalue weighted by Gasteiger charge is -2.32. The predicted molar refractivity (Wildman–Crippen MR) is 107 cm³/mol. The molecular formula is C19H24ClN3O3S. The van der Waals surface area contributed by atoms with Crippen LogP contribution in [0.1, 0.15) is 56.8 Å². The van der Waals surface area contributed by atoms with E-state index >= 15 is 0 Å². The van der Waals surface area contributed by atoms with Crippen molar-refractivity contribution in [2.45, 2.75) is 52.5 Å². The van der Waals surface area contributed by atoms with Gasteiger partial charge in [0.25, 0.3) is 0 Å². The Kier molecular flexibility index (Phi) is 5.91. The normalized spacial score (nSPS) is 20.0. The quantitative estimate of drug-likeness (QED) is 0.765. The molecule has 6 nitrogen and oxygen atoms in total. The molecule has 1 amide bonds. The average Bonchev–Trinajstić information content (AvgIpc) is 3.22.